The van der Waals surface area contributed by atoms with Crippen molar-refractivity contribution < 1.29 is 23.7 Å². The zero-order valence-corrected chi connectivity index (χ0v) is 17.5. The van der Waals surface area contributed by atoms with Gasteiger partial charge in [0, 0.05) is 17.7 Å². The standard InChI is InChI=1S/C23H28N2O5/c1-27-19-8-4-3-7-17(19)18(25-9-5-6-10-25)15-24-23(26)16-13-20(28-2)22-21(14-16)29-11-12-30-22/h3-4,7-8,13-14,18H,5-6,9-12,15H2,1-2H3,(H,24,26). The molecule has 0 bridgehead atoms. The van der Waals surface area contributed by atoms with E-state index in [0.29, 0.717) is 42.6 Å². The maximum Gasteiger partial charge on any atom is 0.251 e. The van der Waals surface area contributed by atoms with Crippen molar-refractivity contribution in [3.63, 3.8) is 0 Å². The highest BCUT2D eigenvalue weighted by Gasteiger charge is 2.27. The van der Waals surface area contributed by atoms with Crippen molar-refractivity contribution in [2.45, 2.75) is 18.9 Å². The van der Waals surface area contributed by atoms with Crippen LogP contribution in [0, 0.1) is 0 Å². The monoisotopic (exact) mass is 412 g/mol. The topological polar surface area (TPSA) is 69.3 Å². The smallest absolute Gasteiger partial charge is 0.251 e. The molecule has 2 aliphatic heterocycles. The molecule has 0 saturated carbocycles. The molecular formula is C23H28N2O5. The van der Waals surface area contributed by atoms with Gasteiger partial charge >= 0.3 is 0 Å². The summed E-state index contributed by atoms with van der Waals surface area (Å²) in [5.74, 6) is 2.24. The lowest BCUT2D eigenvalue weighted by atomic mass is 10.0. The molecule has 4 rings (SSSR count). The van der Waals surface area contributed by atoms with E-state index in [1.165, 1.54) is 12.8 Å². The molecule has 7 nitrogen and oxygen atoms in total. The van der Waals surface area contributed by atoms with Crippen molar-refractivity contribution in [2.75, 3.05) is 47.1 Å². The zero-order chi connectivity index (χ0) is 20.9. The zero-order valence-electron chi connectivity index (χ0n) is 17.5. The maximum atomic E-state index is 13.0. The first kappa shape index (κ1) is 20.3. The minimum Gasteiger partial charge on any atom is -0.496 e. The second-order valence-corrected chi connectivity index (χ2v) is 7.41. The quantitative estimate of drug-likeness (QED) is 0.754. The van der Waals surface area contributed by atoms with Crippen LogP contribution in [0.1, 0.15) is 34.8 Å². The van der Waals surface area contributed by atoms with Crippen LogP contribution in [0.3, 0.4) is 0 Å². The van der Waals surface area contributed by atoms with Crippen LogP contribution < -0.4 is 24.3 Å². The average molecular weight is 412 g/mol. The normalized spacial score (nSPS) is 16.7. The SMILES string of the molecule is COc1ccccc1C(CNC(=O)c1cc(OC)c2c(c1)OCCO2)N1CCCC1. The second-order valence-electron chi connectivity index (χ2n) is 7.41. The number of benzene rings is 2. The predicted molar refractivity (Wildman–Crippen MR) is 113 cm³/mol. The molecule has 0 spiro atoms. The highest BCUT2D eigenvalue weighted by molar-refractivity contribution is 5.95. The van der Waals surface area contributed by atoms with Crippen LogP contribution in [-0.2, 0) is 0 Å². The van der Waals surface area contributed by atoms with Gasteiger partial charge in [-0.1, -0.05) is 18.2 Å². The second kappa shape index (κ2) is 9.26. The Kier molecular flexibility index (Phi) is 6.28. The highest BCUT2D eigenvalue weighted by Crippen LogP contribution is 2.40. The fourth-order valence-electron chi connectivity index (χ4n) is 4.13. The van der Waals surface area contributed by atoms with Crippen LogP contribution in [0.5, 0.6) is 23.0 Å². The van der Waals surface area contributed by atoms with E-state index < -0.39 is 0 Å². The third-order valence-electron chi connectivity index (χ3n) is 5.63. The number of fused-ring (bicyclic) bond motifs is 1. The van der Waals surface area contributed by atoms with Gasteiger partial charge in [-0.25, -0.2) is 0 Å². The number of amides is 1. The summed E-state index contributed by atoms with van der Waals surface area (Å²) in [5.41, 5.74) is 1.57. The fourth-order valence-corrected chi connectivity index (χ4v) is 4.13. The Labute approximate surface area is 176 Å². The molecule has 160 valence electrons. The summed E-state index contributed by atoms with van der Waals surface area (Å²) in [7, 11) is 3.24. The molecule has 30 heavy (non-hydrogen) atoms. The van der Waals surface area contributed by atoms with Crippen LogP contribution in [-0.4, -0.2) is 57.9 Å². The van der Waals surface area contributed by atoms with E-state index in [2.05, 4.69) is 16.3 Å². The van der Waals surface area contributed by atoms with E-state index in [0.717, 1.165) is 24.4 Å². The Morgan fingerprint density at radius 1 is 1.07 bits per heavy atom. The van der Waals surface area contributed by atoms with Crippen LogP contribution in [0.4, 0.5) is 0 Å². The summed E-state index contributed by atoms with van der Waals surface area (Å²) >= 11 is 0. The Morgan fingerprint density at radius 3 is 2.57 bits per heavy atom. The lowest BCUT2D eigenvalue weighted by Crippen LogP contribution is -2.37. The van der Waals surface area contributed by atoms with Gasteiger partial charge in [0.2, 0.25) is 5.75 Å². The lowest BCUT2D eigenvalue weighted by molar-refractivity contribution is 0.0935. The van der Waals surface area contributed by atoms with Gasteiger partial charge < -0.3 is 24.3 Å². The number of hydrogen-bond acceptors (Lipinski definition) is 6. The van der Waals surface area contributed by atoms with E-state index in [-0.39, 0.29) is 11.9 Å². The van der Waals surface area contributed by atoms with Gasteiger partial charge in [-0.2, -0.15) is 0 Å². The summed E-state index contributed by atoms with van der Waals surface area (Å²) in [6, 6.07) is 11.5. The molecule has 1 unspecified atom stereocenters. The van der Waals surface area contributed by atoms with Crippen molar-refractivity contribution in [1.82, 2.24) is 10.2 Å². The average Bonchev–Trinajstić information content (AvgIpc) is 3.33. The number of rotatable bonds is 7. The molecule has 1 atom stereocenters. The number of nitrogens with one attached hydrogen (secondary N) is 1. The van der Waals surface area contributed by atoms with Crippen molar-refractivity contribution in [1.29, 1.82) is 0 Å². The summed E-state index contributed by atoms with van der Waals surface area (Å²) in [6.07, 6.45) is 2.33. The third-order valence-corrected chi connectivity index (χ3v) is 5.63. The molecule has 2 aliphatic rings. The minimum absolute atomic E-state index is 0.0479. The molecule has 1 N–H and O–H groups in total. The molecule has 0 aliphatic carbocycles. The summed E-state index contributed by atoms with van der Waals surface area (Å²) < 4.78 is 22.3. The van der Waals surface area contributed by atoms with E-state index in [1.807, 2.05) is 18.2 Å². The van der Waals surface area contributed by atoms with Crippen LogP contribution in [0.25, 0.3) is 0 Å². The van der Waals surface area contributed by atoms with Gasteiger partial charge in [0.05, 0.1) is 20.3 Å². The molecule has 7 heteroatoms. The molecule has 1 amide bonds. The third kappa shape index (κ3) is 4.16. The molecule has 0 radical (unpaired) electrons. The largest absolute Gasteiger partial charge is 0.496 e. The van der Waals surface area contributed by atoms with Crippen LogP contribution >= 0.6 is 0 Å². The molecule has 1 saturated heterocycles. The Bertz CT molecular complexity index is 878. The highest BCUT2D eigenvalue weighted by atomic mass is 16.6. The van der Waals surface area contributed by atoms with Gasteiger partial charge in [-0.15, -0.1) is 0 Å². The number of carbonyl (C=O) groups is 1. The van der Waals surface area contributed by atoms with Crippen molar-refractivity contribution in [2.24, 2.45) is 0 Å². The minimum atomic E-state index is -0.177. The first-order chi connectivity index (χ1) is 14.7. The van der Waals surface area contributed by atoms with Crippen molar-refractivity contribution >= 4 is 5.91 Å². The molecule has 2 aromatic carbocycles. The number of hydrogen-bond donors (Lipinski definition) is 1. The molecule has 0 aromatic heterocycles. The van der Waals surface area contributed by atoms with E-state index in [1.54, 1.807) is 26.4 Å². The summed E-state index contributed by atoms with van der Waals surface area (Å²) in [4.78, 5) is 15.4. The van der Waals surface area contributed by atoms with E-state index in [4.69, 9.17) is 18.9 Å². The Hall–Kier alpha value is -2.93. The van der Waals surface area contributed by atoms with Gasteiger partial charge in [0.15, 0.2) is 11.5 Å². The van der Waals surface area contributed by atoms with Gasteiger partial charge in [-0.3, -0.25) is 9.69 Å². The Balaban J connectivity index is 1.54. The van der Waals surface area contributed by atoms with Crippen molar-refractivity contribution in [3.8, 4) is 23.0 Å². The number of methoxy groups -OCH3 is 2. The van der Waals surface area contributed by atoms with E-state index in [9.17, 15) is 4.79 Å². The molecule has 2 aromatic rings. The number of carbonyl (C=O) groups excluding carboxylic acids is 1. The summed E-state index contributed by atoms with van der Waals surface area (Å²) in [6.45, 7) is 3.42. The Morgan fingerprint density at radius 2 is 1.80 bits per heavy atom. The van der Waals surface area contributed by atoms with E-state index >= 15 is 0 Å². The van der Waals surface area contributed by atoms with Crippen molar-refractivity contribution in [3.05, 3.63) is 47.5 Å². The number of nitrogens with zero attached hydrogens (tertiary/aromatic N) is 1. The van der Waals surface area contributed by atoms with Gasteiger partial charge in [-0.05, 0) is 44.1 Å². The number of para-hydroxylation sites is 1. The molecule has 1 fully saturated rings. The molecular weight excluding hydrogens is 384 g/mol. The van der Waals surface area contributed by atoms with Crippen LogP contribution in [0.15, 0.2) is 36.4 Å². The number of likely N-dealkylation sites (tertiary alicyclic amines) is 1. The fraction of sp³-hybridized carbons (Fsp3) is 0.435. The van der Waals surface area contributed by atoms with Gasteiger partial charge in [0.25, 0.3) is 5.91 Å². The van der Waals surface area contributed by atoms with Gasteiger partial charge in [0.1, 0.15) is 19.0 Å². The lowest BCUT2D eigenvalue weighted by Gasteiger charge is -2.29. The maximum absolute atomic E-state index is 13.0. The first-order valence-electron chi connectivity index (χ1n) is 10.3. The van der Waals surface area contributed by atoms with Crippen LogP contribution in [0.2, 0.25) is 0 Å². The predicted octanol–water partition coefficient (Wildman–Crippen LogP) is 3.04. The summed E-state index contributed by atoms with van der Waals surface area (Å²) in [5, 5.41) is 3.10. The number of ether oxygens (including phenoxy) is 4. The molecule has 2 heterocycles. The first-order valence-corrected chi connectivity index (χ1v) is 10.3.